The summed E-state index contributed by atoms with van der Waals surface area (Å²) in [6.45, 7) is 1.75. The van der Waals surface area contributed by atoms with Crippen LogP contribution in [-0.4, -0.2) is 21.0 Å². The lowest BCUT2D eigenvalue weighted by Crippen LogP contribution is -2.12. The number of carboxylic acids is 1. The third-order valence-corrected chi connectivity index (χ3v) is 3.38. The largest absolute Gasteiger partial charge is 0.478 e. The number of aryl methyl sites for hydroxylation is 1. The van der Waals surface area contributed by atoms with Crippen LogP contribution in [0.5, 0.6) is 0 Å². The molecule has 2 aromatic rings. The third kappa shape index (κ3) is 3.72. The van der Waals surface area contributed by atoms with E-state index in [1.54, 1.807) is 13.0 Å². The molecule has 110 valence electrons. The molecule has 21 heavy (non-hydrogen) atoms. The topological polar surface area (TPSA) is 63.1 Å². The van der Waals surface area contributed by atoms with Crippen molar-refractivity contribution in [1.82, 2.24) is 9.97 Å². The van der Waals surface area contributed by atoms with Crippen molar-refractivity contribution in [2.24, 2.45) is 0 Å². The van der Waals surface area contributed by atoms with Crippen molar-refractivity contribution in [3.8, 4) is 0 Å². The molecule has 2 rings (SSSR count). The second-order valence-corrected chi connectivity index (χ2v) is 5.13. The zero-order valence-electron chi connectivity index (χ0n) is 10.7. The molecule has 1 heterocycles. The van der Waals surface area contributed by atoms with Crippen molar-refractivity contribution in [1.29, 1.82) is 0 Å². The Morgan fingerprint density at radius 1 is 1.29 bits per heavy atom. The Morgan fingerprint density at radius 3 is 2.57 bits per heavy atom. The van der Waals surface area contributed by atoms with Gasteiger partial charge in [0.15, 0.2) is 5.16 Å². The van der Waals surface area contributed by atoms with Crippen LogP contribution in [0, 0.1) is 6.92 Å². The van der Waals surface area contributed by atoms with E-state index in [1.165, 1.54) is 12.3 Å². The average Bonchev–Trinajstić information content (AvgIpc) is 2.37. The van der Waals surface area contributed by atoms with Gasteiger partial charge in [0, 0.05) is 16.8 Å². The van der Waals surface area contributed by atoms with Crippen LogP contribution >= 0.6 is 11.8 Å². The van der Waals surface area contributed by atoms with E-state index in [4.69, 9.17) is 5.11 Å². The molecule has 8 heteroatoms. The molecule has 1 N–H and O–H groups in total. The zero-order chi connectivity index (χ0) is 15.6. The van der Waals surface area contributed by atoms with Gasteiger partial charge in [0.25, 0.3) is 0 Å². The molecule has 0 saturated carbocycles. The SMILES string of the molecule is Cc1ccnc(Sc2ccc(C(F)(F)F)c(C(=O)O)c2)n1. The summed E-state index contributed by atoms with van der Waals surface area (Å²) in [6, 6.07) is 4.61. The summed E-state index contributed by atoms with van der Waals surface area (Å²) in [4.78, 5) is 19.4. The lowest BCUT2D eigenvalue weighted by Gasteiger charge is -2.11. The summed E-state index contributed by atoms with van der Waals surface area (Å²) >= 11 is 1.000. The second-order valence-electron chi connectivity index (χ2n) is 4.09. The Balaban J connectivity index is 2.39. The summed E-state index contributed by atoms with van der Waals surface area (Å²) in [5.41, 5.74) is -1.26. The highest BCUT2D eigenvalue weighted by Gasteiger charge is 2.35. The van der Waals surface area contributed by atoms with Crippen LogP contribution < -0.4 is 0 Å². The normalized spacial score (nSPS) is 11.4. The number of hydrogen-bond donors (Lipinski definition) is 1. The minimum atomic E-state index is -4.71. The summed E-state index contributed by atoms with van der Waals surface area (Å²) in [5, 5.41) is 9.26. The summed E-state index contributed by atoms with van der Waals surface area (Å²) in [5.74, 6) is -1.63. The predicted octanol–water partition coefficient (Wildman–Crippen LogP) is 3.65. The number of alkyl halides is 3. The van der Waals surface area contributed by atoms with Gasteiger partial charge in [-0.3, -0.25) is 0 Å². The van der Waals surface area contributed by atoms with E-state index in [0.29, 0.717) is 15.7 Å². The van der Waals surface area contributed by atoms with E-state index in [9.17, 15) is 18.0 Å². The van der Waals surface area contributed by atoms with E-state index in [-0.39, 0.29) is 0 Å². The Kier molecular flexibility index (Phi) is 4.17. The van der Waals surface area contributed by atoms with Crippen LogP contribution in [-0.2, 0) is 6.18 Å². The lowest BCUT2D eigenvalue weighted by molar-refractivity contribution is -0.138. The highest BCUT2D eigenvalue weighted by molar-refractivity contribution is 7.99. The van der Waals surface area contributed by atoms with Crippen LogP contribution in [0.1, 0.15) is 21.6 Å². The van der Waals surface area contributed by atoms with Crippen LogP contribution in [0.15, 0.2) is 40.5 Å². The second kappa shape index (κ2) is 5.72. The first kappa shape index (κ1) is 15.3. The van der Waals surface area contributed by atoms with Gasteiger partial charge >= 0.3 is 12.1 Å². The minimum absolute atomic E-state index is 0.325. The fourth-order valence-corrected chi connectivity index (χ4v) is 2.42. The maximum atomic E-state index is 12.7. The van der Waals surface area contributed by atoms with E-state index < -0.39 is 23.3 Å². The Labute approximate surface area is 122 Å². The zero-order valence-corrected chi connectivity index (χ0v) is 11.5. The first-order valence-corrected chi connectivity index (χ1v) is 6.51. The summed E-state index contributed by atoms with van der Waals surface area (Å²) in [6.07, 6.45) is -3.19. The van der Waals surface area contributed by atoms with Gasteiger partial charge in [-0.2, -0.15) is 13.2 Å². The maximum Gasteiger partial charge on any atom is 0.417 e. The average molecular weight is 314 g/mol. The monoisotopic (exact) mass is 314 g/mol. The third-order valence-electron chi connectivity index (χ3n) is 2.51. The molecule has 0 saturated heterocycles. The smallest absolute Gasteiger partial charge is 0.417 e. The van der Waals surface area contributed by atoms with Gasteiger partial charge in [0.2, 0.25) is 0 Å². The predicted molar refractivity (Wildman–Crippen MR) is 69.3 cm³/mol. The van der Waals surface area contributed by atoms with Gasteiger partial charge in [-0.1, -0.05) is 0 Å². The minimum Gasteiger partial charge on any atom is -0.478 e. The van der Waals surface area contributed by atoms with Crippen molar-refractivity contribution in [3.63, 3.8) is 0 Å². The number of aromatic nitrogens is 2. The number of aromatic carboxylic acids is 1. The highest BCUT2D eigenvalue weighted by atomic mass is 32.2. The molecule has 0 fully saturated rings. The molecule has 1 aromatic carbocycles. The van der Waals surface area contributed by atoms with Gasteiger partial charge in [0.1, 0.15) is 0 Å². The van der Waals surface area contributed by atoms with Gasteiger partial charge in [0.05, 0.1) is 11.1 Å². The van der Waals surface area contributed by atoms with E-state index in [0.717, 1.165) is 23.9 Å². The molecule has 0 aliphatic heterocycles. The van der Waals surface area contributed by atoms with Crippen molar-refractivity contribution >= 4 is 17.7 Å². The van der Waals surface area contributed by atoms with E-state index in [2.05, 4.69) is 9.97 Å². The fourth-order valence-electron chi connectivity index (χ4n) is 1.59. The molecule has 0 spiro atoms. The number of carbonyl (C=O) groups is 1. The van der Waals surface area contributed by atoms with Crippen LogP contribution in [0.3, 0.4) is 0 Å². The van der Waals surface area contributed by atoms with Gasteiger partial charge in [-0.05, 0) is 43.0 Å². The molecule has 4 nitrogen and oxygen atoms in total. The number of carboxylic acid groups (broad SMARTS) is 1. The maximum absolute atomic E-state index is 12.7. The molecular weight excluding hydrogens is 305 g/mol. The Hall–Kier alpha value is -2.09. The first-order chi connectivity index (χ1) is 9.77. The molecule has 0 aliphatic rings. The molecule has 0 atom stereocenters. The van der Waals surface area contributed by atoms with Crippen molar-refractivity contribution in [2.75, 3.05) is 0 Å². The fraction of sp³-hybridized carbons (Fsp3) is 0.154. The number of nitrogens with zero attached hydrogens (tertiary/aromatic N) is 2. The molecule has 0 amide bonds. The summed E-state index contributed by atoms with van der Waals surface area (Å²) in [7, 11) is 0. The van der Waals surface area contributed by atoms with Gasteiger partial charge in [-0.15, -0.1) is 0 Å². The molecular formula is C13H9F3N2O2S. The van der Waals surface area contributed by atoms with Crippen molar-refractivity contribution in [2.45, 2.75) is 23.2 Å². The van der Waals surface area contributed by atoms with Gasteiger partial charge in [-0.25, -0.2) is 14.8 Å². The summed E-state index contributed by atoms with van der Waals surface area (Å²) < 4.78 is 38.2. The van der Waals surface area contributed by atoms with Crippen LogP contribution in [0.4, 0.5) is 13.2 Å². The van der Waals surface area contributed by atoms with E-state index in [1.807, 2.05) is 0 Å². The van der Waals surface area contributed by atoms with Crippen LogP contribution in [0.25, 0.3) is 0 Å². The van der Waals surface area contributed by atoms with Gasteiger partial charge < -0.3 is 5.11 Å². The Morgan fingerprint density at radius 2 is 2.00 bits per heavy atom. The molecule has 0 aliphatic carbocycles. The number of rotatable bonds is 3. The first-order valence-electron chi connectivity index (χ1n) is 5.69. The Bertz CT molecular complexity index is 689. The number of hydrogen-bond acceptors (Lipinski definition) is 4. The van der Waals surface area contributed by atoms with E-state index >= 15 is 0 Å². The lowest BCUT2D eigenvalue weighted by atomic mass is 10.1. The number of benzene rings is 1. The van der Waals surface area contributed by atoms with Crippen molar-refractivity contribution in [3.05, 3.63) is 47.3 Å². The quantitative estimate of drug-likeness (QED) is 0.876. The molecule has 0 radical (unpaired) electrons. The molecule has 0 bridgehead atoms. The van der Waals surface area contributed by atoms with Crippen molar-refractivity contribution < 1.29 is 23.1 Å². The molecule has 0 unspecified atom stereocenters. The molecule has 1 aromatic heterocycles. The number of halogens is 3. The standard InChI is InChI=1S/C13H9F3N2O2S/c1-7-4-5-17-12(18-7)21-8-2-3-10(13(14,15)16)9(6-8)11(19)20/h2-6H,1H3,(H,19,20). The highest BCUT2D eigenvalue weighted by Crippen LogP contribution is 2.35. The van der Waals surface area contributed by atoms with Crippen LogP contribution in [0.2, 0.25) is 0 Å².